The summed E-state index contributed by atoms with van der Waals surface area (Å²) in [5.74, 6) is -0.694. The van der Waals surface area contributed by atoms with Crippen LogP contribution in [0.1, 0.15) is 39.3 Å². The fraction of sp³-hybridized carbons (Fsp3) is 0.316. The van der Waals surface area contributed by atoms with Gasteiger partial charge < -0.3 is 15.5 Å². The van der Waals surface area contributed by atoms with Crippen LogP contribution in [0.2, 0.25) is 5.02 Å². The van der Waals surface area contributed by atoms with Gasteiger partial charge in [-0.3, -0.25) is 14.4 Å². The molecule has 0 aliphatic carbocycles. The van der Waals surface area contributed by atoms with Crippen LogP contribution in [0.15, 0.2) is 35.7 Å². The molecule has 3 amide bonds. The van der Waals surface area contributed by atoms with Crippen molar-refractivity contribution in [1.82, 2.24) is 10.2 Å². The van der Waals surface area contributed by atoms with E-state index in [4.69, 9.17) is 11.6 Å². The average molecular weight is 406 g/mol. The lowest BCUT2D eigenvalue weighted by Crippen LogP contribution is -2.49. The fourth-order valence-electron chi connectivity index (χ4n) is 3.11. The van der Waals surface area contributed by atoms with Crippen molar-refractivity contribution in [3.63, 3.8) is 0 Å². The molecule has 0 spiro atoms. The van der Waals surface area contributed by atoms with E-state index in [1.165, 1.54) is 24.5 Å². The summed E-state index contributed by atoms with van der Waals surface area (Å²) in [6.07, 6.45) is 2.34. The topological polar surface area (TPSA) is 78.5 Å². The number of rotatable bonds is 4. The molecule has 6 nitrogen and oxygen atoms in total. The number of benzene rings is 1. The van der Waals surface area contributed by atoms with Crippen LogP contribution >= 0.6 is 22.9 Å². The van der Waals surface area contributed by atoms with Crippen molar-refractivity contribution in [2.45, 2.75) is 25.3 Å². The quantitative estimate of drug-likeness (QED) is 0.818. The zero-order chi connectivity index (χ0) is 19.4. The Morgan fingerprint density at radius 3 is 2.74 bits per heavy atom. The molecular weight excluding hydrogens is 386 g/mol. The maximum atomic E-state index is 12.9. The summed E-state index contributed by atoms with van der Waals surface area (Å²) in [6, 6.07) is 7.71. The average Bonchev–Trinajstić information content (AvgIpc) is 3.23. The number of anilines is 1. The zero-order valence-corrected chi connectivity index (χ0v) is 16.4. The summed E-state index contributed by atoms with van der Waals surface area (Å²) < 4.78 is 0. The van der Waals surface area contributed by atoms with Crippen LogP contribution in [0, 0.1) is 0 Å². The molecule has 1 aromatic carbocycles. The van der Waals surface area contributed by atoms with Crippen molar-refractivity contribution >= 4 is 46.3 Å². The first kappa shape index (κ1) is 19.4. The van der Waals surface area contributed by atoms with Crippen LogP contribution in [0.5, 0.6) is 0 Å². The molecule has 0 bridgehead atoms. The second kappa shape index (κ2) is 8.54. The molecule has 2 heterocycles. The van der Waals surface area contributed by atoms with Crippen LogP contribution in [-0.2, 0) is 4.79 Å². The van der Waals surface area contributed by atoms with Crippen molar-refractivity contribution in [2.24, 2.45) is 0 Å². The van der Waals surface area contributed by atoms with E-state index in [2.05, 4.69) is 10.6 Å². The van der Waals surface area contributed by atoms with Gasteiger partial charge in [0.05, 0.1) is 15.6 Å². The van der Waals surface area contributed by atoms with Gasteiger partial charge in [0, 0.05) is 19.2 Å². The monoisotopic (exact) mass is 405 g/mol. The van der Waals surface area contributed by atoms with Gasteiger partial charge in [-0.15, -0.1) is 11.3 Å². The largest absolute Gasteiger partial charge is 0.355 e. The number of carbonyl (C=O) groups excluding carboxylic acids is 3. The molecule has 1 aromatic heterocycles. The van der Waals surface area contributed by atoms with Crippen molar-refractivity contribution in [3.8, 4) is 0 Å². The Hall–Kier alpha value is -2.38. The molecule has 2 N–H and O–H groups in total. The highest BCUT2D eigenvalue weighted by atomic mass is 35.5. The predicted octanol–water partition coefficient (Wildman–Crippen LogP) is 3.39. The number of hydrogen-bond donors (Lipinski definition) is 2. The van der Waals surface area contributed by atoms with Crippen molar-refractivity contribution in [1.29, 1.82) is 0 Å². The highest BCUT2D eigenvalue weighted by Crippen LogP contribution is 2.26. The zero-order valence-electron chi connectivity index (χ0n) is 14.8. The molecule has 1 saturated heterocycles. The molecule has 1 aliphatic heterocycles. The van der Waals surface area contributed by atoms with Crippen molar-refractivity contribution < 1.29 is 14.4 Å². The van der Waals surface area contributed by atoms with E-state index in [1.807, 2.05) is 11.4 Å². The van der Waals surface area contributed by atoms with Crippen LogP contribution < -0.4 is 10.6 Å². The van der Waals surface area contributed by atoms with Gasteiger partial charge in [-0.05, 0) is 48.9 Å². The summed E-state index contributed by atoms with van der Waals surface area (Å²) in [7, 11) is 1.53. The number of likely N-dealkylation sites (tertiary alicyclic amines) is 1. The Labute approximate surface area is 166 Å². The number of amides is 3. The van der Waals surface area contributed by atoms with Gasteiger partial charge in [0.1, 0.15) is 6.04 Å². The molecule has 1 aliphatic rings. The number of nitrogens with one attached hydrogen (secondary N) is 2. The standard InChI is InChI=1S/C19H20ClN3O3S/c1-21-17(24)12-7-8-13(20)14(11-12)22-18(25)15-5-2-3-9-23(15)19(26)16-6-4-10-27-16/h4,6-8,10-11,15H,2-3,5,9H2,1H3,(H,21,24)(H,22,25). The lowest BCUT2D eigenvalue weighted by molar-refractivity contribution is -0.121. The Morgan fingerprint density at radius 1 is 1.22 bits per heavy atom. The normalized spacial score (nSPS) is 16.7. The number of nitrogens with zero attached hydrogens (tertiary/aromatic N) is 1. The highest BCUT2D eigenvalue weighted by Gasteiger charge is 2.33. The molecule has 3 rings (SSSR count). The third kappa shape index (κ3) is 4.31. The van der Waals surface area contributed by atoms with Crippen LogP contribution in [0.25, 0.3) is 0 Å². The lowest BCUT2D eigenvalue weighted by atomic mass is 10.0. The first-order valence-electron chi connectivity index (χ1n) is 8.68. The second-order valence-corrected chi connectivity index (χ2v) is 7.61. The van der Waals surface area contributed by atoms with Gasteiger partial charge in [-0.2, -0.15) is 0 Å². The number of piperidine rings is 1. The Bertz CT molecular complexity index is 854. The highest BCUT2D eigenvalue weighted by molar-refractivity contribution is 7.12. The van der Waals surface area contributed by atoms with E-state index < -0.39 is 6.04 Å². The van der Waals surface area contributed by atoms with E-state index >= 15 is 0 Å². The van der Waals surface area contributed by atoms with E-state index in [0.29, 0.717) is 34.1 Å². The minimum atomic E-state index is -0.562. The molecule has 1 atom stereocenters. The molecule has 2 aromatic rings. The second-order valence-electron chi connectivity index (χ2n) is 6.25. The summed E-state index contributed by atoms with van der Waals surface area (Å²) >= 11 is 7.55. The van der Waals surface area contributed by atoms with Gasteiger partial charge in [0.2, 0.25) is 5.91 Å². The third-order valence-electron chi connectivity index (χ3n) is 4.51. The molecule has 1 unspecified atom stereocenters. The number of halogens is 1. The number of thiophene rings is 1. The lowest BCUT2D eigenvalue weighted by Gasteiger charge is -2.34. The Morgan fingerprint density at radius 2 is 2.04 bits per heavy atom. The smallest absolute Gasteiger partial charge is 0.264 e. The molecule has 0 saturated carbocycles. The number of hydrogen-bond acceptors (Lipinski definition) is 4. The van der Waals surface area contributed by atoms with E-state index in [1.54, 1.807) is 23.1 Å². The van der Waals surface area contributed by atoms with E-state index in [0.717, 1.165) is 12.8 Å². The summed E-state index contributed by atoms with van der Waals surface area (Å²) in [5, 5.41) is 7.50. The molecule has 8 heteroatoms. The molecule has 142 valence electrons. The molecule has 27 heavy (non-hydrogen) atoms. The van der Waals surface area contributed by atoms with Gasteiger partial charge in [-0.1, -0.05) is 17.7 Å². The van der Waals surface area contributed by atoms with E-state index in [9.17, 15) is 14.4 Å². The van der Waals surface area contributed by atoms with E-state index in [-0.39, 0.29) is 17.7 Å². The van der Waals surface area contributed by atoms with Crippen LogP contribution in [0.4, 0.5) is 5.69 Å². The maximum Gasteiger partial charge on any atom is 0.264 e. The first-order valence-corrected chi connectivity index (χ1v) is 9.94. The Kier molecular flexibility index (Phi) is 6.13. The summed E-state index contributed by atoms with van der Waals surface area (Å²) in [5.41, 5.74) is 0.754. The minimum absolute atomic E-state index is 0.130. The third-order valence-corrected chi connectivity index (χ3v) is 5.70. The SMILES string of the molecule is CNC(=O)c1ccc(Cl)c(NC(=O)C2CCCCN2C(=O)c2cccs2)c1. The first-order chi connectivity index (χ1) is 13.0. The number of carbonyl (C=O) groups is 3. The summed E-state index contributed by atoms with van der Waals surface area (Å²) in [4.78, 5) is 39.7. The van der Waals surface area contributed by atoms with Crippen LogP contribution in [-0.4, -0.2) is 42.3 Å². The fourth-order valence-corrected chi connectivity index (χ4v) is 3.96. The molecule has 0 radical (unpaired) electrons. The van der Waals surface area contributed by atoms with Crippen LogP contribution in [0.3, 0.4) is 0 Å². The Balaban J connectivity index is 1.79. The van der Waals surface area contributed by atoms with Gasteiger partial charge in [0.15, 0.2) is 0 Å². The minimum Gasteiger partial charge on any atom is -0.355 e. The predicted molar refractivity (Wildman–Crippen MR) is 106 cm³/mol. The molecular formula is C19H20ClN3O3S. The van der Waals surface area contributed by atoms with Crippen molar-refractivity contribution in [3.05, 3.63) is 51.2 Å². The summed E-state index contributed by atoms with van der Waals surface area (Å²) in [6.45, 7) is 0.542. The van der Waals surface area contributed by atoms with Gasteiger partial charge in [-0.25, -0.2) is 0 Å². The van der Waals surface area contributed by atoms with Gasteiger partial charge >= 0.3 is 0 Å². The van der Waals surface area contributed by atoms with Crippen molar-refractivity contribution in [2.75, 3.05) is 18.9 Å². The van der Waals surface area contributed by atoms with Gasteiger partial charge in [0.25, 0.3) is 11.8 Å². The molecule has 1 fully saturated rings. The maximum absolute atomic E-state index is 12.9.